The quantitative estimate of drug-likeness (QED) is 0.534. The summed E-state index contributed by atoms with van der Waals surface area (Å²) in [7, 11) is 1.68. The van der Waals surface area contributed by atoms with Crippen LogP contribution in [0.25, 0.3) is 10.9 Å². The number of aromatic amines is 1. The number of nitrogens with zero attached hydrogens (tertiary/aromatic N) is 2. The van der Waals surface area contributed by atoms with Crippen molar-refractivity contribution in [2.45, 2.75) is 25.8 Å². The Morgan fingerprint density at radius 1 is 1.19 bits per heavy atom. The SMILES string of the molecule is COc1ccc([C@H]2c3[nH]c4ccccc4c3CCN2C(=O)Cc2cccnc2)cc1C. The molecule has 1 atom stereocenters. The molecule has 5 heteroatoms. The molecule has 156 valence electrons. The molecule has 5 rings (SSSR count). The van der Waals surface area contributed by atoms with Crippen LogP contribution < -0.4 is 4.74 Å². The number of para-hydroxylation sites is 1. The number of hydrogen-bond acceptors (Lipinski definition) is 3. The van der Waals surface area contributed by atoms with E-state index in [2.05, 4.69) is 40.3 Å². The van der Waals surface area contributed by atoms with Crippen molar-refractivity contribution < 1.29 is 9.53 Å². The number of aryl methyl sites for hydroxylation is 1. The highest BCUT2D eigenvalue weighted by Gasteiger charge is 2.34. The Labute approximate surface area is 181 Å². The summed E-state index contributed by atoms with van der Waals surface area (Å²) in [6.07, 6.45) is 4.68. The fraction of sp³-hybridized carbons (Fsp3) is 0.231. The number of pyridine rings is 1. The lowest BCUT2D eigenvalue weighted by Crippen LogP contribution is -2.41. The molecule has 0 unspecified atom stereocenters. The van der Waals surface area contributed by atoms with Crippen LogP contribution in [0.15, 0.2) is 67.0 Å². The van der Waals surface area contributed by atoms with Crippen molar-refractivity contribution in [3.8, 4) is 5.75 Å². The molecule has 0 aliphatic carbocycles. The van der Waals surface area contributed by atoms with Gasteiger partial charge in [0.05, 0.1) is 19.6 Å². The summed E-state index contributed by atoms with van der Waals surface area (Å²) in [6, 6.07) is 18.2. The van der Waals surface area contributed by atoms with Crippen molar-refractivity contribution in [1.29, 1.82) is 0 Å². The molecule has 0 bridgehead atoms. The number of hydrogen-bond donors (Lipinski definition) is 1. The number of ether oxygens (including phenoxy) is 1. The fourth-order valence-electron chi connectivity index (χ4n) is 4.71. The minimum absolute atomic E-state index is 0.107. The molecule has 0 spiro atoms. The van der Waals surface area contributed by atoms with Crippen LogP contribution in [-0.4, -0.2) is 34.4 Å². The molecule has 4 aromatic rings. The number of carbonyl (C=O) groups excluding carboxylic acids is 1. The third-order valence-electron chi connectivity index (χ3n) is 6.17. The topological polar surface area (TPSA) is 58.2 Å². The van der Waals surface area contributed by atoms with Gasteiger partial charge in [0.2, 0.25) is 5.91 Å². The minimum Gasteiger partial charge on any atom is -0.496 e. The molecule has 31 heavy (non-hydrogen) atoms. The summed E-state index contributed by atoms with van der Waals surface area (Å²) in [5.74, 6) is 0.959. The largest absolute Gasteiger partial charge is 0.496 e. The zero-order valence-corrected chi connectivity index (χ0v) is 17.8. The van der Waals surface area contributed by atoms with Gasteiger partial charge >= 0.3 is 0 Å². The second-order valence-corrected chi connectivity index (χ2v) is 8.07. The molecule has 0 fully saturated rings. The van der Waals surface area contributed by atoms with Crippen molar-refractivity contribution in [3.05, 3.63) is 94.9 Å². The normalized spacial score (nSPS) is 15.7. The Hall–Kier alpha value is -3.60. The third-order valence-corrected chi connectivity index (χ3v) is 6.17. The van der Waals surface area contributed by atoms with Gasteiger partial charge in [-0.05, 0) is 59.9 Å². The van der Waals surface area contributed by atoms with Crippen molar-refractivity contribution >= 4 is 16.8 Å². The van der Waals surface area contributed by atoms with Crippen LogP contribution in [0.2, 0.25) is 0 Å². The standard InChI is InChI=1S/C26H25N3O2/c1-17-14-19(9-10-23(17)31-2)26-25-21(20-7-3-4-8-22(20)28-25)11-13-29(26)24(30)15-18-6-5-12-27-16-18/h3-10,12,14,16,26,28H,11,13,15H2,1-2H3/t26-/m0/s1. The molecule has 0 saturated heterocycles. The van der Waals surface area contributed by atoms with Crippen LogP contribution in [0.3, 0.4) is 0 Å². The Kier molecular flexibility index (Phi) is 4.94. The summed E-state index contributed by atoms with van der Waals surface area (Å²) >= 11 is 0. The fourth-order valence-corrected chi connectivity index (χ4v) is 4.71. The van der Waals surface area contributed by atoms with Gasteiger partial charge in [0.1, 0.15) is 5.75 Å². The van der Waals surface area contributed by atoms with E-state index in [0.717, 1.165) is 40.1 Å². The number of rotatable bonds is 4. The second kappa shape index (κ2) is 7.91. The van der Waals surface area contributed by atoms with Gasteiger partial charge in [-0.2, -0.15) is 0 Å². The van der Waals surface area contributed by atoms with E-state index >= 15 is 0 Å². The van der Waals surface area contributed by atoms with E-state index in [-0.39, 0.29) is 11.9 Å². The minimum atomic E-state index is -0.162. The van der Waals surface area contributed by atoms with Gasteiger partial charge in [0.25, 0.3) is 0 Å². The first-order chi connectivity index (χ1) is 15.2. The maximum absolute atomic E-state index is 13.4. The molecule has 1 aliphatic rings. The van der Waals surface area contributed by atoms with Crippen molar-refractivity contribution in [1.82, 2.24) is 14.9 Å². The maximum atomic E-state index is 13.4. The molecule has 3 heterocycles. The smallest absolute Gasteiger partial charge is 0.227 e. The van der Waals surface area contributed by atoms with E-state index in [4.69, 9.17) is 4.74 Å². The number of H-pyrrole nitrogens is 1. The Morgan fingerprint density at radius 2 is 2.06 bits per heavy atom. The molecular formula is C26H25N3O2. The third kappa shape index (κ3) is 3.46. The number of carbonyl (C=O) groups is 1. The van der Waals surface area contributed by atoms with Gasteiger partial charge < -0.3 is 14.6 Å². The Balaban J connectivity index is 1.60. The molecule has 0 radical (unpaired) electrons. The first-order valence-electron chi connectivity index (χ1n) is 10.6. The molecule has 2 aromatic carbocycles. The monoisotopic (exact) mass is 411 g/mol. The van der Waals surface area contributed by atoms with E-state index < -0.39 is 0 Å². The number of nitrogens with one attached hydrogen (secondary N) is 1. The average Bonchev–Trinajstić information content (AvgIpc) is 3.17. The zero-order chi connectivity index (χ0) is 21.4. The Bertz CT molecular complexity index is 1250. The van der Waals surface area contributed by atoms with Crippen molar-refractivity contribution in [2.75, 3.05) is 13.7 Å². The maximum Gasteiger partial charge on any atom is 0.227 e. The molecule has 0 saturated carbocycles. The lowest BCUT2D eigenvalue weighted by Gasteiger charge is -2.36. The van der Waals surface area contributed by atoms with Crippen LogP contribution in [-0.2, 0) is 17.6 Å². The lowest BCUT2D eigenvalue weighted by atomic mass is 9.91. The second-order valence-electron chi connectivity index (χ2n) is 8.07. The predicted molar refractivity (Wildman–Crippen MR) is 121 cm³/mol. The Morgan fingerprint density at radius 3 is 2.84 bits per heavy atom. The molecule has 1 aliphatic heterocycles. The summed E-state index contributed by atoms with van der Waals surface area (Å²) in [6.45, 7) is 2.72. The number of amides is 1. The highest BCUT2D eigenvalue weighted by atomic mass is 16.5. The van der Waals surface area contributed by atoms with E-state index in [1.165, 1.54) is 10.9 Å². The van der Waals surface area contributed by atoms with Gasteiger partial charge in [-0.1, -0.05) is 30.3 Å². The predicted octanol–water partition coefficient (Wildman–Crippen LogP) is 4.60. The van der Waals surface area contributed by atoms with E-state index in [0.29, 0.717) is 13.0 Å². The summed E-state index contributed by atoms with van der Waals surface area (Å²) in [4.78, 5) is 23.2. The van der Waals surface area contributed by atoms with Gasteiger partial charge in [0, 0.05) is 35.5 Å². The summed E-state index contributed by atoms with van der Waals surface area (Å²) in [5.41, 5.74) is 6.60. The summed E-state index contributed by atoms with van der Waals surface area (Å²) in [5, 5.41) is 1.24. The van der Waals surface area contributed by atoms with Crippen LogP contribution in [0, 0.1) is 6.92 Å². The first-order valence-corrected chi connectivity index (χ1v) is 10.6. The number of benzene rings is 2. The van der Waals surface area contributed by atoms with Crippen LogP contribution in [0.1, 0.15) is 34.0 Å². The first kappa shape index (κ1) is 19.4. The van der Waals surface area contributed by atoms with Crippen LogP contribution >= 0.6 is 0 Å². The van der Waals surface area contributed by atoms with Crippen LogP contribution in [0.5, 0.6) is 5.75 Å². The van der Waals surface area contributed by atoms with Crippen molar-refractivity contribution in [2.24, 2.45) is 0 Å². The van der Waals surface area contributed by atoms with Gasteiger partial charge in [-0.25, -0.2) is 0 Å². The van der Waals surface area contributed by atoms with Gasteiger partial charge in [-0.3, -0.25) is 9.78 Å². The molecular weight excluding hydrogens is 386 g/mol. The van der Waals surface area contributed by atoms with E-state index in [9.17, 15) is 4.79 Å². The van der Waals surface area contributed by atoms with Gasteiger partial charge in [-0.15, -0.1) is 0 Å². The lowest BCUT2D eigenvalue weighted by molar-refractivity contribution is -0.132. The van der Waals surface area contributed by atoms with Crippen molar-refractivity contribution in [3.63, 3.8) is 0 Å². The van der Waals surface area contributed by atoms with E-state index in [1.54, 1.807) is 19.5 Å². The van der Waals surface area contributed by atoms with Crippen LogP contribution in [0.4, 0.5) is 0 Å². The number of fused-ring (bicyclic) bond motifs is 3. The summed E-state index contributed by atoms with van der Waals surface area (Å²) < 4.78 is 5.46. The molecule has 5 nitrogen and oxygen atoms in total. The van der Waals surface area contributed by atoms with Gasteiger partial charge in [0.15, 0.2) is 0 Å². The molecule has 1 amide bonds. The average molecular weight is 412 g/mol. The van der Waals surface area contributed by atoms with E-state index in [1.807, 2.05) is 36.1 Å². The highest BCUT2D eigenvalue weighted by Crippen LogP contribution is 2.39. The number of aromatic nitrogens is 2. The zero-order valence-electron chi connectivity index (χ0n) is 17.8. The number of methoxy groups -OCH3 is 1. The molecule has 1 N–H and O–H groups in total. The molecule has 2 aromatic heterocycles. The highest BCUT2D eigenvalue weighted by molar-refractivity contribution is 5.87.